The molecule has 1 rings (SSSR count). The monoisotopic (exact) mass is 226 g/mol. The fourth-order valence-electron chi connectivity index (χ4n) is 1.60. The summed E-state index contributed by atoms with van der Waals surface area (Å²) >= 11 is 0. The van der Waals surface area contributed by atoms with Crippen LogP contribution in [0.25, 0.3) is 0 Å². The Morgan fingerprint density at radius 1 is 1.50 bits per heavy atom. The van der Waals surface area contributed by atoms with Crippen molar-refractivity contribution in [3.63, 3.8) is 0 Å². The maximum Gasteiger partial charge on any atom is 0.410 e. The quantitative estimate of drug-likeness (QED) is 0.672. The molecule has 0 aromatic carbocycles. The highest BCUT2D eigenvalue weighted by atomic mass is 16.6. The van der Waals surface area contributed by atoms with E-state index in [1.807, 2.05) is 34.9 Å². The zero-order valence-electron chi connectivity index (χ0n) is 10.9. The molecule has 1 aliphatic heterocycles. The fourth-order valence-corrected chi connectivity index (χ4v) is 1.60. The molecule has 0 atom stereocenters. The summed E-state index contributed by atoms with van der Waals surface area (Å²) in [5.41, 5.74) is 0.859. The number of carbonyl (C=O) groups is 1. The molecule has 0 aromatic heterocycles. The molecule has 0 saturated carbocycles. The number of rotatable bonds is 2. The lowest BCUT2D eigenvalue weighted by Crippen LogP contribution is -2.36. The Bertz CT molecular complexity index is 290. The maximum atomic E-state index is 11.7. The molecule has 0 saturated heterocycles. The van der Waals surface area contributed by atoms with E-state index in [-0.39, 0.29) is 6.09 Å². The van der Waals surface area contributed by atoms with Crippen LogP contribution in [0.3, 0.4) is 0 Å². The zero-order chi connectivity index (χ0) is 12.3. The highest BCUT2D eigenvalue weighted by molar-refractivity contribution is 5.69. The lowest BCUT2D eigenvalue weighted by Gasteiger charge is -2.24. The molecule has 0 N–H and O–H groups in total. The third-order valence-electron chi connectivity index (χ3n) is 2.17. The molecule has 0 radical (unpaired) electrons. The standard InChI is InChI=1S/C12H22N2O2/c1-12(2,3)16-11(15)14-7-6-10(9-14)8-13(4)5/h6H,7-9H2,1-5H3. The number of hydrogen-bond acceptors (Lipinski definition) is 3. The second-order valence-electron chi connectivity index (χ2n) is 5.46. The van der Waals surface area contributed by atoms with E-state index in [0.29, 0.717) is 13.1 Å². The highest BCUT2D eigenvalue weighted by Crippen LogP contribution is 2.15. The molecular weight excluding hydrogens is 204 g/mol. The van der Waals surface area contributed by atoms with Crippen molar-refractivity contribution in [3.05, 3.63) is 11.6 Å². The first-order chi connectivity index (χ1) is 7.28. The second-order valence-corrected chi connectivity index (χ2v) is 5.46. The van der Waals surface area contributed by atoms with Gasteiger partial charge in [-0.1, -0.05) is 6.08 Å². The predicted octanol–water partition coefficient (Wildman–Crippen LogP) is 1.73. The zero-order valence-corrected chi connectivity index (χ0v) is 10.9. The predicted molar refractivity (Wildman–Crippen MR) is 64.4 cm³/mol. The van der Waals surface area contributed by atoms with Gasteiger partial charge in [0.2, 0.25) is 0 Å². The molecule has 16 heavy (non-hydrogen) atoms. The molecule has 1 aliphatic rings. The van der Waals surface area contributed by atoms with E-state index in [0.717, 1.165) is 6.54 Å². The molecule has 0 unspecified atom stereocenters. The summed E-state index contributed by atoms with van der Waals surface area (Å²) in [7, 11) is 4.05. The number of carbonyl (C=O) groups excluding carboxylic acids is 1. The van der Waals surface area contributed by atoms with Gasteiger partial charge in [-0.2, -0.15) is 0 Å². The number of hydrogen-bond donors (Lipinski definition) is 0. The summed E-state index contributed by atoms with van der Waals surface area (Å²) in [4.78, 5) is 15.6. The summed E-state index contributed by atoms with van der Waals surface area (Å²) < 4.78 is 5.31. The Hall–Kier alpha value is -1.03. The Labute approximate surface area is 97.9 Å². The molecule has 0 fully saturated rings. The normalized spacial score (nSPS) is 16.6. The molecule has 4 nitrogen and oxygen atoms in total. The van der Waals surface area contributed by atoms with Gasteiger partial charge in [-0.05, 0) is 40.4 Å². The van der Waals surface area contributed by atoms with Crippen molar-refractivity contribution in [3.8, 4) is 0 Å². The van der Waals surface area contributed by atoms with Crippen LogP contribution in [0.1, 0.15) is 20.8 Å². The lowest BCUT2D eigenvalue weighted by molar-refractivity contribution is 0.0300. The SMILES string of the molecule is CN(C)CC1=CCN(C(=O)OC(C)(C)C)C1. The first-order valence-corrected chi connectivity index (χ1v) is 5.58. The average Bonchev–Trinajstić information content (AvgIpc) is 2.48. The van der Waals surface area contributed by atoms with E-state index in [2.05, 4.69) is 11.0 Å². The van der Waals surface area contributed by atoms with Crippen LogP contribution in [0.2, 0.25) is 0 Å². The van der Waals surface area contributed by atoms with Gasteiger partial charge in [0.25, 0.3) is 0 Å². The molecule has 0 aliphatic carbocycles. The van der Waals surface area contributed by atoms with Crippen molar-refractivity contribution in [2.24, 2.45) is 0 Å². The van der Waals surface area contributed by atoms with Crippen molar-refractivity contribution in [2.45, 2.75) is 26.4 Å². The first kappa shape index (κ1) is 13.0. The minimum absolute atomic E-state index is 0.225. The van der Waals surface area contributed by atoms with E-state index in [9.17, 15) is 4.79 Å². The van der Waals surface area contributed by atoms with E-state index >= 15 is 0 Å². The van der Waals surface area contributed by atoms with Gasteiger partial charge in [-0.3, -0.25) is 0 Å². The number of nitrogens with zero attached hydrogens (tertiary/aromatic N) is 2. The van der Waals surface area contributed by atoms with Crippen LogP contribution >= 0.6 is 0 Å². The van der Waals surface area contributed by atoms with E-state index in [1.165, 1.54) is 5.57 Å². The van der Waals surface area contributed by atoms with Gasteiger partial charge in [-0.15, -0.1) is 0 Å². The van der Waals surface area contributed by atoms with Crippen LogP contribution < -0.4 is 0 Å². The molecule has 0 spiro atoms. The van der Waals surface area contributed by atoms with Crippen molar-refractivity contribution in [1.29, 1.82) is 0 Å². The van der Waals surface area contributed by atoms with E-state index in [4.69, 9.17) is 4.74 Å². The molecule has 4 heteroatoms. The van der Waals surface area contributed by atoms with Gasteiger partial charge in [-0.25, -0.2) is 4.79 Å². The van der Waals surface area contributed by atoms with Gasteiger partial charge in [0.1, 0.15) is 5.60 Å². The summed E-state index contributed by atoms with van der Waals surface area (Å²) in [5.74, 6) is 0. The van der Waals surface area contributed by atoms with Crippen LogP contribution in [0.4, 0.5) is 4.79 Å². The van der Waals surface area contributed by atoms with Crippen LogP contribution in [-0.2, 0) is 4.74 Å². The minimum atomic E-state index is -0.415. The smallest absolute Gasteiger partial charge is 0.410 e. The van der Waals surface area contributed by atoms with Crippen LogP contribution in [0, 0.1) is 0 Å². The Morgan fingerprint density at radius 3 is 2.62 bits per heavy atom. The third-order valence-corrected chi connectivity index (χ3v) is 2.17. The Kier molecular flexibility index (Phi) is 3.97. The molecule has 0 bridgehead atoms. The summed E-state index contributed by atoms with van der Waals surface area (Å²) in [6.45, 7) is 7.91. The topological polar surface area (TPSA) is 32.8 Å². The molecular formula is C12H22N2O2. The van der Waals surface area contributed by atoms with Crippen LogP contribution in [0.5, 0.6) is 0 Å². The molecule has 0 aromatic rings. The fraction of sp³-hybridized carbons (Fsp3) is 0.750. The third kappa shape index (κ3) is 4.23. The Morgan fingerprint density at radius 2 is 2.12 bits per heavy atom. The summed E-state index contributed by atoms with van der Waals surface area (Å²) in [5, 5.41) is 0. The maximum absolute atomic E-state index is 11.7. The minimum Gasteiger partial charge on any atom is -0.444 e. The van der Waals surface area contributed by atoms with E-state index in [1.54, 1.807) is 4.90 Å². The number of likely N-dealkylation sites (N-methyl/N-ethyl adjacent to an activating group) is 1. The van der Waals surface area contributed by atoms with Crippen molar-refractivity contribution in [1.82, 2.24) is 9.80 Å². The Balaban J connectivity index is 2.41. The molecule has 1 heterocycles. The first-order valence-electron chi connectivity index (χ1n) is 5.58. The molecule has 1 amide bonds. The van der Waals surface area contributed by atoms with Gasteiger partial charge in [0.15, 0.2) is 0 Å². The molecule has 92 valence electrons. The lowest BCUT2D eigenvalue weighted by atomic mass is 10.2. The van der Waals surface area contributed by atoms with Gasteiger partial charge in [0, 0.05) is 19.6 Å². The van der Waals surface area contributed by atoms with Gasteiger partial charge >= 0.3 is 6.09 Å². The van der Waals surface area contributed by atoms with Crippen molar-refractivity contribution < 1.29 is 9.53 Å². The highest BCUT2D eigenvalue weighted by Gasteiger charge is 2.25. The van der Waals surface area contributed by atoms with Gasteiger partial charge < -0.3 is 14.5 Å². The van der Waals surface area contributed by atoms with Crippen molar-refractivity contribution >= 4 is 6.09 Å². The van der Waals surface area contributed by atoms with E-state index < -0.39 is 5.60 Å². The summed E-state index contributed by atoms with van der Waals surface area (Å²) in [6.07, 6.45) is 1.88. The summed E-state index contributed by atoms with van der Waals surface area (Å²) in [6, 6.07) is 0. The van der Waals surface area contributed by atoms with Gasteiger partial charge in [0.05, 0.1) is 0 Å². The van der Waals surface area contributed by atoms with Crippen LogP contribution in [0.15, 0.2) is 11.6 Å². The average molecular weight is 226 g/mol. The van der Waals surface area contributed by atoms with Crippen LogP contribution in [-0.4, -0.2) is 55.2 Å². The number of ether oxygens (including phenoxy) is 1. The number of amides is 1. The van der Waals surface area contributed by atoms with Crippen molar-refractivity contribution in [2.75, 3.05) is 33.7 Å². The largest absolute Gasteiger partial charge is 0.444 e. The second kappa shape index (κ2) is 4.87.